The number of amides is 3. The van der Waals surface area contributed by atoms with Gasteiger partial charge < -0.3 is 19.9 Å². The first-order valence-electron chi connectivity index (χ1n) is 13.6. The summed E-state index contributed by atoms with van der Waals surface area (Å²) >= 11 is 6.49. The summed E-state index contributed by atoms with van der Waals surface area (Å²) in [6.45, 7) is 7.16. The van der Waals surface area contributed by atoms with Crippen molar-refractivity contribution in [2.75, 3.05) is 25.0 Å². The zero-order chi connectivity index (χ0) is 32.4. The molecule has 44 heavy (non-hydrogen) atoms. The molecule has 234 valence electrons. The number of hydrogen-bond donors (Lipinski definition) is 1. The molecule has 1 heterocycles. The Labute approximate surface area is 256 Å². The van der Waals surface area contributed by atoms with Gasteiger partial charge in [-0.25, -0.2) is 18.4 Å². The van der Waals surface area contributed by atoms with Crippen molar-refractivity contribution in [1.82, 2.24) is 9.80 Å². The molecule has 1 atom stereocenters. The predicted molar refractivity (Wildman–Crippen MR) is 158 cm³/mol. The number of anilines is 1. The minimum absolute atomic E-state index is 0.0438. The van der Waals surface area contributed by atoms with E-state index in [1.54, 1.807) is 38.7 Å². The Balaban J connectivity index is 1.74. The minimum atomic E-state index is -4.76. The van der Waals surface area contributed by atoms with Gasteiger partial charge in [-0.15, -0.1) is 0 Å². The Bertz CT molecular complexity index is 1590. The number of halogens is 6. The van der Waals surface area contributed by atoms with Gasteiger partial charge in [0.05, 0.1) is 16.8 Å². The van der Waals surface area contributed by atoms with Crippen molar-refractivity contribution in [2.45, 2.75) is 45.5 Å². The van der Waals surface area contributed by atoms with Gasteiger partial charge >= 0.3 is 18.3 Å². The number of piperazine rings is 1. The van der Waals surface area contributed by atoms with E-state index in [9.17, 15) is 27.2 Å². The van der Waals surface area contributed by atoms with Crippen LogP contribution in [0.25, 0.3) is 11.1 Å². The average molecular weight is 637 g/mol. The van der Waals surface area contributed by atoms with Crippen molar-refractivity contribution in [1.29, 1.82) is 0 Å². The summed E-state index contributed by atoms with van der Waals surface area (Å²) in [5.74, 6) is -1.77. The maximum atomic E-state index is 15.8. The Morgan fingerprint density at radius 3 is 2.25 bits per heavy atom. The molecule has 0 bridgehead atoms. The number of nitrogens with one attached hydrogen (secondary N) is 1. The molecule has 0 radical (unpaired) electrons. The summed E-state index contributed by atoms with van der Waals surface area (Å²) in [5, 5.41) is 2.09. The van der Waals surface area contributed by atoms with Crippen molar-refractivity contribution in [2.24, 2.45) is 4.99 Å². The highest BCUT2D eigenvalue weighted by atomic mass is 35.5. The number of rotatable bonds is 3. The van der Waals surface area contributed by atoms with Crippen LogP contribution in [0.2, 0.25) is 5.02 Å². The first-order chi connectivity index (χ1) is 20.5. The molecule has 3 aromatic rings. The number of urea groups is 1. The average Bonchev–Trinajstić information content (AvgIpc) is 2.92. The Kier molecular flexibility index (Phi) is 9.53. The van der Waals surface area contributed by atoms with Crippen molar-refractivity contribution in [3.63, 3.8) is 0 Å². The van der Waals surface area contributed by atoms with Crippen molar-refractivity contribution >= 4 is 35.2 Å². The highest BCUT2D eigenvalue weighted by Gasteiger charge is 2.35. The Hall–Kier alpha value is -4.19. The normalized spacial score (nSPS) is 16.1. The molecule has 1 aliphatic rings. The van der Waals surface area contributed by atoms with Crippen LogP contribution in [0.4, 0.5) is 37.2 Å². The summed E-state index contributed by atoms with van der Waals surface area (Å²) in [5.41, 5.74) is -2.52. The molecule has 1 aliphatic heterocycles. The van der Waals surface area contributed by atoms with E-state index in [1.807, 2.05) is 0 Å². The minimum Gasteiger partial charge on any atom is -0.444 e. The molecule has 13 heteroatoms. The number of aliphatic imine (C=N–C) groups is 1. The van der Waals surface area contributed by atoms with E-state index in [1.165, 1.54) is 41.3 Å². The number of carbonyl (C=O) groups excluding carboxylic acids is 2. The number of nitrogens with zero attached hydrogens (tertiary/aromatic N) is 3. The summed E-state index contributed by atoms with van der Waals surface area (Å²) in [6, 6.07) is 10.4. The highest BCUT2D eigenvalue weighted by molar-refractivity contribution is 6.33. The second-order valence-corrected chi connectivity index (χ2v) is 11.6. The van der Waals surface area contributed by atoms with E-state index in [-0.39, 0.29) is 47.2 Å². The lowest BCUT2D eigenvalue weighted by atomic mass is 10.0. The first-order valence-corrected chi connectivity index (χ1v) is 14.0. The molecule has 3 aromatic carbocycles. The molecule has 7 nitrogen and oxygen atoms in total. The van der Waals surface area contributed by atoms with Crippen LogP contribution in [0, 0.1) is 11.6 Å². The molecule has 1 N–H and O–H groups in total. The largest absolute Gasteiger partial charge is 0.444 e. The van der Waals surface area contributed by atoms with Crippen LogP contribution in [0.15, 0.2) is 65.7 Å². The second-order valence-electron chi connectivity index (χ2n) is 11.2. The topological polar surface area (TPSA) is 74.2 Å². The van der Waals surface area contributed by atoms with E-state index in [0.29, 0.717) is 0 Å². The zero-order valence-corrected chi connectivity index (χ0v) is 25.1. The standard InChI is InChI=1S/C31H30ClF5N4O3/c1-18-17-40(29(43)44-30(2,3)4)13-14-41(18)27(39-28(42)38-26-12-8-6-10-22(26)31(35,36)37)21-15-23(32)20(16-25(21)34)19-9-5-7-11-24(19)33/h5-12,15-16,18H,13-14,17H2,1-4H3,(H,38,42)/t18-/m0/s1. The Morgan fingerprint density at radius 1 is 0.955 bits per heavy atom. The van der Waals surface area contributed by atoms with Crippen LogP contribution in [-0.2, 0) is 10.9 Å². The third kappa shape index (κ3) is 7.65. The van der Waals surface area contributed by atoms with Gasteiger partial charge in [-0.05, 0) is 58.0 Å². The van der Waals surface area contributed by atoms with Gasteiger partial charge in [0.1, 0.15) is 23.1 Å². The third-order valence-electron chi connectivity index (χ3n) is 6.69. The van der Waals surface area contributed by atoms with E-state index < -0.39 is 52.8 Å². The van der Waals surface area contributed by atoms with Crippen molar-refractivity contribution < 1.29 is 36.3 Å². The van der Waals surface area contributed by atoms with Crippen LogP contribution in [-0.4, -0.2) is 59.0 Å². The van der Waals surface area contributed by atoms with Gasteiger partial charge in [0.15, 0.2) is 0 Å². The fraction of sp³-hybridized carbons (Fsp3) is 0.323. The highest BCUT2D eigenvalue weighted by Crippen LogP contribution is 2.35. The van der Waals surface area contributed by atoms with Crippen molar-refractivity contribution in [3.8, 4) is 11.1 Å². The number of alkyl halides is 3. The van der Waals surface area contributed by atoms with Crippen LogP contribution in [0.1, 0.15) is 38.8 Å². The summed E-state index contributed by atoms with van der Waals surface area (Å²) < 4.78 is 76.4. The number of carbonyl (C=O) groups is 2. The van der Waals surface area contributed by atoms with E-state index >= 15 is 4.39 Å². The first kappa shape index (κ1) is 32.7. The second kappa shape index (κ2) is 12.8. The maximum absolute atomic E-state index is 15.8. The lowest BCUT2D eigenvalue weighted by molar-refractivity contribution is -0.136. The molecule has 0 unspecified atom stereocenters. The fourth-order valence-corrected chi connectivity index (χ4v) is 4.99. The molecular weight excluding hydrogens is 607 g/mol. The lowest BCUT2D eigenvalue weighted by Gasteiger charge is -2.41. The molecule has 0 spiro atoms. The number of hydrogen-bond acceptors (Lipinski definition) is 3. The summed E-state index contributed by atoms with van der Waals surface area (Å²) in [6.07, 6.45) is -5.32. The van der Waals surface area contributed by atoms with Gasteiger partial charge in [0.2, 0.25) is 0 Å². The zero-order valence-electron chi connectivity index (χ0n) is 24.3. The third-order valence-corrected chi connectivity index (χ3v) is 7.01. The monoisotopic (exact) mass is 636 g/mol. The lowest BCUT2D eigenvalue weighted by Crippen LogP contribution is -2.56. The molecule has 1 saturated heterocycles. The SMILES string of the molecule is C[C@H]1CN(C(=O)OC(C)(C)C)CCN1C(=NC(=O)Nc1ccccc1C(F)(F)F)c1cc(Cl)c(-c2ccccc2F)cc1F. The van der Waals surface area contributed by atoms with Gasteiger partial charge in [-0.2, -0.15) is 18.2 Å². The molecule has 0 aliphatic carbocycles. The molecule has 0 saturated carbocycles. The predicted octanol–water partition coefficient (Wildman–Crippen LogP) is 8.22. The van der Waals surface area contributed by atoms with Crippen LogP contribution >= 0.6 is 11.6 Å². The van der Waals surface area contributed by atoms with E-state index in [2.05, 4.69) is 10.3 Å². The summed E-state index contributed by atoms with van der Waals surface area (Å²) in [7, 11) is 0. The van der Waals surface area contributed by atoms with Gasteiger partial charge in [0, 0.05) is 41.8 Å². The Morgan fingerprint density at radius 2 is 1.61 bits per heavy atom. The van der Waals surface area contributed by atoms with Crippen LogP contribution in [0.5, 0.6) is 0 Å². The van der Waals surface area contributed by atoms with E-state index in [0.717, 1.165) is 18.2 Å². The van der Waals surface area contributed by atoms with Crippen molar-refractivity contribution in [3.05, 3.63) is 88.4 Å². The smallest absolute Gasteiger partial charge is 0.418 e. The quantitative estimate of drug-likeness (QED) is 0.179. The molecule has 4 rings (SSSR count). The van der Waals surface area contributed by atoms with Crippen LogP contribution < -0.4 is 5.32 Å². The molecule has 3 amide bonds. The fourth-order valence-electron chi connectivity index (χ4n) is 4.73. The number of para-hydroxylation sites is 1. The van der Waals surface area contributed by atoms with Gasteiger partial charge in [-0.1, -0.05) is 41.9 Å². The number of benzene rings is 3. The van der Waals surface area contributed by atoms with Crippen LogP contribution in [0.3, 0.4) is 0 Å². The maximum Gasteiger partial charge on any atom is 0.418 e. The van der Waals surface area contributed by atoms with E-state index in [4.69, 9.17) is 16.3 Å². The van der Waals surface area contributed by atoms with Gasteiger partial charge in [-0.3, -0.25) is 0 Å². The number of ether oxygens (including phenoxy) is 1. The molecule has 1 fully saturated rings. The summed E-state index contributed by atoms with van der Waals surface area (Å²) in [4.78, 5) is 32.8. The number of amidine groups is 1. The van der Waals surface area contributed by atoms with Gasteiger partial charge in [0.25, 0.3) is 0 Å². The molecule has 0 aromatic heterocycles. The molecular formula is C31H30ClF5N4O3.